The zero-order valence-corrected chi connectivity index (χ0v) is 12.8. The van der Waals surface area contributed by atoms with Gasteiger partial charge in [0.1, 0.15) is 5.75 Å². The minimum absolute atomic E-state index is 0.0672. The highest BCUT2D eigenvalue weighted by Gasteiger charge is 2.10. The second-order valence-electron chi connectivity index (χ2n) is 4.77. The SMILES string of the molecule is CC(NC(=O)COc1ccc(Cl)cc1)c1ccc(C#N)cc1. The summed E-state index contributed by atoms with van der Waals surface area (Å²) < 4.78 is 5.38. The summed E-state index contributed by atoms with van der Waals surface area (Å²) in [6, 6.07) is 15.8. The molecule has 1 N–H and O–H groups in total. The molecular formula is C17H15ClN2O2. The van der Waals surface area contributed by atoms with E-state index in [9.17, 15) is 4.79 Å². The standard InChI is InChI=1S/C17H15ClN2O2/c1-12(14-4-2-13(10-19)3-5-14)20-17(21)11-22-16-8-6-15(18)7-9-16/h2-9,12H,11H2,1H3,(H,20,21). The lowest BCUT2D eigenvalue weighted by Gasteiger charge is -2.14. The molecule has 5 heteroatoms. The molecule has 2 aromatic rings. The summed E-state index contributed by atoms with van der Waals surface area (Å²) in [5.41, 5.74) is 1.52. The first-order valence-electron chi connectivity index (χ1n) is 6.76. The Hall–Kier alpha value is -2.51. The summed E-state index contributed by atoms with van der Waals surface area (Å²) in [5.74, 6) is 0.373. The minimum Gasteiger partial charge on any atom is -0.484 e. The van der Waals surface area contributed by atoms with Crippen molar-refractivity contribution in [1.82, 2.24) is 5.32 Å². The number of nitrogens with zero attached hydrogens (tertiary/aromatic N) is 1. The van der Waals surface area contributed by atoms with Gasteiger partial charge in [-0.2, -0.15) is 5.26 Å². The number of carbonyl (C=O) groups excluding carboxylic acids is 1. The van der Waals surface area contributed by atoms with Gasteiger partial charge in [-0.15, -0.1) is 0 Å². The molecule has 0 bridgehead atoms. The van der Waals surface area contributed by atoms with Gasteiger partial charge in [0.15, 0.2) is 6.61 Å². The third kappa shape index (κ3) is 4.51. The van der Waals surface area contributed by atoms with Gasteiger partial charge >= 0.3 is 0 Å². The van der Waals surface area contributed by atoms with Crippen molar-refractivity contribution in [2.45, 2.75) is 13.0 Å². The van der Waals surface area contributed by atoms with Crippen LogP contribution in [0.3, 0.4) is 0 Å². The van der Waals surface area contributed by atoms with Crippen LogP contribution in [0.1, 0.15) is 24.1 Å². The third-order valence-electron chi connectivity index (χ3n) is 3.10. The van der Waals surface area contributed by atoms with Gasteiger partial charge in [-0.3, -0.25) is 4.79 Å². The fourth-order valence-electron chi connectivity index (χ4n) is 1.89. The molecule has 0 fully saturated rings. The molecule has 1 amide bonds. The molecule has 112 valence electrons. The molecule has 0 radical (unpaired) electrons. The molecule has 2 aromatic carbocycles. The van der Waals surface area contributed by atoms with E-state index in [4.69, 9.17) is 21.6 Å². The van der Waals surface area contributed by atoms with E-state index in [2.05, 4.69) is 11.4 Å². The summed E-state index contributed by atoms with van der Waals surface area (Å²) in [6.45, 7) is 1.81. The summed E-state index contributed by atoms with van der Waals surface area (Å²) in [6.07, 6.45) is 0. The number of nitrogens with one attached hydrogen (secondary N) is 1. The van der Waals surface area contributed by atoms with E-state index in [1.807, 2.05) is 19.1 Å². The van der Waals surface area contributed by atoms with E-state index in [-0.39, 0.29) is 18.6 Å². The van der Waals surface area contributed by atoms with Crippen LogP contribution in [0.15, 0.2) is 48.5 Å². The molecule has 0 saturated heterocycles. The largest absolute Gasteiger partial charge is 0.484 e. The Bertz CT molecular complexity index is 675. The van der Waals surface area contributed by atoms with E-state index in [0.717, 1.165) is 5.56 Å². The normalized spacial score (nSPS) is 11.3. The van der Waals surface area contributed by atoms with Gasteiger partial charge in [-0.25, -0.2) is 0 Å². The Kier molecular flexibility index (Phi) is 5.40. The molecule has 0 saturated carbocycles. The van der Waals surface area contributed by atoms with Crippen LogP contribution in [0.2, 0.25) is 5.02 Å². The highest BCUT2D eigenvalue weighted by Crippen LogP contribution is 2.16. The van der Waals surface area contributed by atoms with Crippen LogP contribution in [0.4, 0.5) is 0 Å². The molecule has 0 aliphatic rings. The minimum atomic E-state index is -0.216. The van der Waals surface area contributed by atoms with Crippen molar-refractivity contribution in [3.05, 3.63) is 64.7 Å². The lowest BCUT2D eigenvalue weighted by Crippen LogP contribution is -2.31. The first kappa shape index (κ1) is 15.9. The Morgan fingerprint density at radius 1 is 1.23 bits per heavy atom. The number of halogens is 1. The maximum Gasteiger partial charge on any atom is 0.258 e. The molecule has 0 aliphatic heterocycles. The fraction of sp³-hybridized carbons (Fsp3) is 0.176. The van der Waals surface area contributed by atoms with Crippen molar-refractivity contribution in [2.24, 2.45) is 0 Å². The number of benzene rings is 2. The van der Waals surface area contributed by atoms with Crippen LogP contribution in [0.5, 0.6) is 5.75 Å². The average molecular weight is 315 g/mol. The quantitative estimate of drug-likeness (QED) is 0.919. The van der Waals surface area contributed by atoms with Crippen molar-refractivity contribution in [2.75, 3.05) is 6.61 Å². The molecule has 22 heavy (non-hydrogen) atoms. The number of nitriles is 1. The van der Waals surface area contributed by atoms with Crippen molar-refractivity contribution in [3.8, 4) is 11.8 Å². The second kappa shape index (κ2) is 7.48. The Morgan fingerprint density at radius 3 is 2.45 bits per heavy atom. The van der Waals surface area contributed by atoms with Gasteiger partial charge in [0, 0.05) is 5.02 Å². The number of hydrogen-bond acceptors (Lipinski definition) is 3. The molecule has 2 rings (SSSR count). The zero-order chi connectivity index (χ0) is 15.9. The van der Waals surface area contributed by atoms with Crippen LogP contribution in [-0.2, 0) is 4.79 Å². The molecule has 0 aliphatic carbocycles. The van der Waals surface area contributed by atoms with Crippen LogP contribution in [0, 0.1) is 11.3 Å². The van der Waals surface area contributed by atoms with Gasteiger partial charge in [0.25, 0.3) is 5.91 Å². The van der Waals surface area contributed by atoms with Gasteiger partial charge in [-0.1, -0.05) is 23.7 Å². The van der Waals surface area contributed by atoms with E-state index in [1.165, 1.54) is 0 Å². The number of hydrogen-bond donors (Lipinski definition) is 1. The Morgan fingerprint density at radius 2 is 1.86 bits per heavy atom. The lowest BCUT2D eigenvalue weighted by atomic mass is 10.1. The van der Waals surface area contributed by atoms with Gasteiger partial charge in [0.05, 0.1) is 17.7 Å². The van der Waals surface area contributed by atoms with Crippen LogP contribution in [0.25, 0.3) is 0 Å². The second-order valence-corrected chi connectivity index (χ2v) is 5.20. The zero-order valence-electron chi connectivity index (χ0n) is 12.0. The lowest BCUT2D eigenvalue weighted by molar-refractivity contribution is -0.123. The molecule has 0 spiro atoms. The van der Waals surface area contributed by atoms with E-state index < -0.39 is 0 Å². The molecule has 0 aromatic heterocycles. The predicted molar refractivity (Wildman–Crippen MR) is 84.7 cm³/mol. The van der Waals surface area contributed by atoms with Crippen molar-refractivity contribution < 1.29 is 9.53 Å². The first-order chi connectivity index (χ1) is 10.6. The predicted octanol–water partition coefficient (Wildman–Crippen LogP) is 3.47. The maximum absolute atomic E-state index is 11.9. The van der Waals surface area contributed by atoms with Crippen LogP contribution >= 0.6 is 11.6 Å². The van der Waals surface area contributed by atoms with Crippen molar-refractivity contribution >= 4 is 17.5 Å². The van der Waals surface area contributed by atoms with Crippen LogP contribution in [-0.4, -0.2) is 12.5 Å². The number of amides is 1. The van der Waals surface area contributed by atoms with Crippen molar-refractivity contribution in [3.63, 3.8) is 0 Å². The Labute approximate surface area is 134 Å². The number of ether oxygens (including phenoxy) is 1. The average Bonchev–Trinajstić information content (AvgIpc) is 2.54. The number of rotatable bonds is 5. The van der Waals surface area contributed by atoms with Gasteiger partial charge in [0.2, 0.25) is 0 Å². The molecule has 0 heterocycles. The molecular weight excluding hydrogens is 300 g/mol. The Balaban J connectivity index is 1.85. The monoisotopic (exact) mass is 314 g/mol. The fourth-order valence-corrected chi connectivity index (χ4v) is 2.02. The van der Waals surface area contributed by atoms with E-state index in [1.54, 1.807) is 36.4 Å². The summed E-state index contributed by atoms with van der Waals surface area (Å²) in [5, 5.41) is 12.2. The molecule has 1 atom stereocenters. The van der Waals surface area contributed by atoms with E-state index in [0.29, 0.717) is 16.3 Å². The summed E-state index contributed by atoms with van der Waals surface area (Å²) in [7, 11) is 0. The number of carbonyl (C=O) groups is 1. The maximum atomic E-state index is 11.9. The smallest absolute Gasteiger partial charge is 0.258 e. The van der Waals surface area contributed by atoms with E-state index >= 15 is 0 Å². The van der Waals surface area contributed by atoms with Crippen molar-refractivity contribution in [1.29, 1.82) is 5.26 Å². The molecule has 1 unspecified atom stereocenters. The van der Waals surface area contributed by atoms with Gasteiger partial charge in [-0.05, 0) is 48.9 Å². The topological polar surface area (TPSA) is 62.1 Å². The first-order valence-corrected chi connectivity index (χ1v) is 7.14. The third-order valence-corrected chi connectivity index (χ3v) is 3.35. The van der Waals surface area contributed by atoms with Crippen LogP contribution < -0.4 is 10.1 Å². The summed E-state index contributed by atoms with van der Waals surface area (Å²) in [4.78, 5) is 11.9. The summed E-state index contributed by atoms with van der Waals surface area (Å²) >= 11 is 5.78. The highest BCUT2D eigenvalue weighted by atomic mass is 35.5. The molecule has 4 nitrogen and oxygen atoms in total. The van der Waals surface area contributed by atoms with Gasteiger partial charge < -0.3 is 10.1 Å². The highest BCUT2D eigenvalue weighted by molar-refractivity contribution is 6.30.